The van der Waals surface area contributed by atoms with Crippen LogP contribution in [0.5, 0.6) is 0 Å². The van der Waals surface area contributed by atoms with Gasteiger partial charge in [0.2, 0.25) is 0 Å². The van der Waals surface area contributed by atoms with E-state index in [9.17, 15) is 4.79 Å². The van der Waals surface area contributed by atoms with E-state index >= 15 is 0 Å². The van der Waals surface area contributed by atoms with Gasteiger partial charge in [0.05, 0.1) is 12.5 Å². The summed E-state index contributed by atoms with van der Waals surface area (Å²) in [5.74, 6) is -0.234. The number of hydrogen-bond acceptors (Lipinski definition) is 4. The summed E-state index contributed by atoms with van der Waals surface area (Å²) in [6.45, 7) is 2.38. The normalized spacial score (nSPS) is 20.7. The Morgan fingerprint density at radius 1 is 1.67 bits per heavy atom. The quantitative estimate of drug-likeness (QED) is 0.818. The molecular formula is C10H13NO4. The Morgan fingerprint density at radius 2 is 2.47 bits per heavy atom. The number of nitrogens with zero attached hydrogens (tertiary/aromatic N) is 1. The standard InChI is InChI=1S/C10H13NO4/c1-6-9(10(12)13)11-8(15-6)5-7-3-2-4-14-7/h7H,2-5H2,1H3,(H,12,13). The van der Waals surface area contributed by atoms with Gasteiger partial charge >= 0.3 is 5.97 Å². The van der Waals surface area contributed by atoms with E-state index in [1.54, 1.807) is 6.92 Å². The first-order valence-electron chi connectivity index (χ1n) is 4.98. The minimum absolute atomic E-state index is 0.00277. The van der Waals surface area contributed by atoms with Crippen LogP contribution < -0.4 is 0 Å². The SMILES string of the molecule is Cc1oc(CC2CCCO2)nc1C(=O)O. The van der Waals surface area contributed by atoms with Crippen LogP contribution >= 0.6 is 0 Å². The molecule has 0 amide bonds. The summed E-state index contributed by atoms with van der Waals surface area (Å²) in [5, 5.41) is 8.79. The molecule has 0 spiro atoms. The molecule has 15 heavy (non-hydrogen) atoms. The molecule has 2 heterocycles. The van der Waals surface area contributed by atoms with Gasteiger partial charge in [0.15, 0.2) is 11.6 Å². The van der Waals surface area contributed by atoms with Crippen LogP contribution in [0.1, 0.15) is 35.0 Å². The molecule has 5 heteroatoms. The first kappa shape index (κ1) is 10.2. The van der Waals surface area contributed by atoms with Gasteiger partial charge in [-0.05, 0) is 19.8 Å². The maximum Gasteiger partial charge on any atom is 0.358 e. The molecule has 82 valence electrons. The van der Waals surface area contributed by atoms with Crippen LogP contribution in [0, 0.1) is 6.92 Å². The molecule has 0 bridgehead atoms. The molecular weight excluding hydrogens is 198 g/mol. The fourth-order valence-electron chi connectivity index (χ4n) is 1.74. The summed E-state index contributed by atoms with van der Waals surface area (Å²) >= 11 is 0. The molecule has 1 aromatic heterocycles. The second kappa shape index (κ2) is 4.02. The van der Waals surface area contributed by atoms with Gasteiger partial charge in [-0.25, -0.2) is 9.78 Å². The lowest BCUT2D eigenvalue weighted by Crippen LogP contribution is -2.09. The largest absolute Gasteiger partial charge is 0.476 e. The van der Waals surface area contributed by atoms with Gasteiger partial charge in [0.25, 0.3) is 0 Å². The van der Waals surface area contributed by atoms with Crippen LogP contribution in [0.3, 0.4) is 0 Å². The first-order chi connectivity index (χ1) is 7.16. The number of carboxylic acids is 1. The predicted molar refractivity (Wildman–Crippen MR) is 50.9 cm³/mol. The third-order valence-corrected chi connectivity index (χ3v) is 2.47. The van der Waals surface area contributed by atoms with Crippen molar-refractivity contribution in [3.8, 4) is 0 Å². The zero-order chi connectivity index (χ0) is 10.8. The molecule has 1 N–H and O–H groups in total. The van der Waals surface area contributed by atoms with Gasteiger partial charge in [-0.1, -0.05) is 0 Å². The maximum absolute atomic E-state index is 10.7. The number of carboxylic acid groups (broad SMARTS) is 1. The van der Waals surface area contributed by atoms with Gasteiger partial charge in [-0.3, -0.25) is 0 Å². The minimum Gasteiger partial charge on any atom is -0.476 e. The van der Waals surface area contributed by atoms with Crippen LogP contribution in [0.15, 0.2) is 4.42 Å². The number of ether oxygens (including phenoxy) is 1. The summed E-state index contributed by atoms with van der Waals surface area (Å²) < 4.78 is 10.7. The van der Waals surface area contributed by atoms with Crippen LogP contribution in [0.4, 0.5) is 0 Å². The van der Waals surface area contributed by atoms with E-state index in [4.69, 9.17) is 14.3 Å². The van der Waals surface area contributed by atoms with E-state index in [1.165, 1.54) is 0 Å². The number of oxazole rings is 1. The van der Waals surface area contributed by atoms with Gasteiger partial charge in [-0.15, -0.1) is 0 Å². The molecule has 1 unspecified atom stereocenters. The van der Waals surface area contributed by atoms with Crippen molar-refractivity contribution in [2.45, 2.75) is 32.3 Å². The topological polar surface area (TPSA) is 72.6 Å². The number of carbonyl (C=O) groups is 1. The summed E-state index contributed by atoms with van der Waals surface area (Å²) in [6.07, 6.45) is 2.73. The fourth-order valence-corrected chi connectivity index (χ4v) is 1.74. The minimum atomic E-state index is -1.05. The third-order valence-electron chi connectivity index (χ3n) is 2.47. The average molecular weight is 211 g/mol. The van der Waals surface area contributed by atoms with Gasteiger partial charge < -0.3 is 14.3 Å². The van der Waals surface area contributed by atoms with E-state index in [0.29, 0.717) is 18.1 Å². The Balaban J connectivity index is 2.08. The lowest BCUT2D eigenvalue weighted by molar-refractivity contribution is 0.0689. The number of hydrogen-bond donors (Lipinski definition) is 1. The van der Waals surface area contributed by atoms with Gasteiger partial charge in [0.1, 0.15) is 5.76 Å². The third kappa shape index (κ3) is 2.18. The highest BCUT2D eigenvalue weighted by Gasteiger charge is 2.21. The summed E-state index contributed by atoms with van der Waals surface area (Å²) in [5.41, 5.74) is 0.00277. The van der Waals surface area contributed by atoms with Crippen molar-refractivity contribution < 1.29 is 19.1 Å². The molecule has 0 radical (unpaired) electrons. The highest BCUT2D eigenvalue weighted by Crippen LogP contribution is 2.18. The molecule has 1 fully saturated rings. The Bertz CT molecular complexity index is 365. The van der Waals surface area contributed by atoms with E-state index in [-0.39, 0.29) is 11.8 Å². The first-order valence-corrected chi connectivity index (χ1v) is 4.98. The summed E-state index contributed by atoms with van der Waals surface area (Å²) in [6, 6.07) is 0. The van der Waals surface area contributed by atoms with Crippen molar-refractivity contribution in [2.75, 3.05) is 6.61 Å². The lowest BCUT2D eigenvalue weighted by Gasteiger charge is -2.04. The zero-order valence-corrected chi connectivity index (χ0v) is 8.52. The molecule has 1 saturated heterocycles. The second-order valence-electron chi connectivity index (χ2n) is 3.66. The van der Waals surface area contributed by atoms with Gasteiger partial charge in [-0.2, -0.15) is 0 Å². The molecule has 1 aliphatic heterocycles. The van der Waals surface area contributed by atoms with Crippen molar-refractivity contribution >= 4 is 5.97 Å². The Labute approximate surface area is 87.1 Å². The molecule has 1 aromatic rings. The molecule has 1 atom stereocenters. The van der Waals surface area contributed by atoms with Crippen molar-refractivity contribution in [3.63, 3.8) is 0 Å². The second-order valence-corrected chi connectivity index (χ2v) is 3.66. The molecule has 5 nitrogen and oxygen atoms in total. The van der Waals surface area contributed by atoms with Crippen molar-refractivity contribution in [2.24, 2.45) is 0 Å². The van der Waals surface area contributed by atoms with Crippen molar-refractivity contribution in [3.05, 3.63) is 17.3 Å². The molecule has 2 rings (SSSR count). The highest BCUT2D eigenvalue weighted by atomic mass is 16.5. The Kier molecular flexibility index (Phi) is 2.73. The van der Waals surface area contributed by atoms with E-state index in [0.717, 1.165) is 19.4 Å². The number of rotatable bonds is 3. The van der Waals surface area contributed by atoms with Crippen LogP contribution in [0.2, 0.25) is 0 Å². The smallest absolute Gasteiger partial charge is 0.358 e. The molecule has 1 aliphatic rings. The monoisotopic (exact) mass is 211 g/mol. The number of aromatic carboxylic acids is 1. The maximum atomic E-state index is 10.7. The predicted octanol–water partition coefficient (Wildman–Crippen LogP) is 1.40. The lowest BCUT2D eigenvalue weighted by atomic mass is 10.2. The van der Waals surface area contributed by atoms with Crippen molar-refractivity contribution in [1.29, 1.82) is 0 Å². The van der Waals surface area contributed by atoms with E-state index in [1.807, 2.05) is 0 Å². The van der Waals surface area contributed by atoms with Gasteiger partial charge in [0, 0.05) is 6.61 Å². The summed E-state index contributed by atoms with van der Waals surface area (Å²) in [7, 11) is 0. The molecule has 0 aromatic carbocycles. The zero-order valence-electron chi connectivity index (χ0n) is 8.52. The fraction of sp³-hybridized carbons (Fsp3) is 0.600. The molecule has 0 aliphatic carbocycles. The highest BCUT2D eigenvalue weighted by molar-refractivity contribution is 5.86. The average Bonchev–Trinajstić information content (AvgIpc) is 2.75. The van der Waals surface area contributed by atoms with Crippen LogP contribution in [-0.4, -0.2) is 28.8 Å². The number of aromatic nitrogens is 1. The van der Waals surface area contributed by atoms with E-state index in [2.05, 4.69) is 4.98 Å². The summed E-state index contributed by atoms with van der Waals surface area (Å²) in [4.78, 5) is 14.6. The molecule has 0 saturated carbocycles. The number of aryl methyl sites for hydroxylation is 1. The Hall–Kier alpha value is -1.36. The van der Waals surface area contributed by atoms with Crippen molar-refractivity contribution in [1.82, 2.24) is 4.98 Å². The van der Waals surface area contributed by atoms with Crippen LogP contribution in [-0.2, 0) is 11.2 Å². The van der Waals surface area contributed by atoms with E-state index < -0.39 is 5.97 Å². The Morgan fingerprint density at radius 3 is 3.00 bits per heavy atom. The van der Waals surface area contributed by atoms with Crippen LogP contribution in [0.25, 0.3) is 0 Å².